The molecule has 2 aromatic heterocycles. The molecule has 0 radical (unpaired) electrons. The minimum atomic E-state index is -0.135. The van der Waals surface area contributed by atoms with Crippen LogP contribution in [0.1, 0.15) is 30.9 Å². The zero-order chi connectivity index (χ0) is 18.0. The first kappa shape index (κ1) is 16.9. The van der Waals surface area contributed by atoms with Crippen LogP contribution in [0, 0.1) is 13.8 Å². The summed E-state index contributed by atoms with van der Waals surface area (Å²) >= 11 is 0. The number of benzene rings is 1. The predicted octanol–water partition coefficient (Wildman–Crippen LogP) is 3.95. The van der Waals surface area contributed by atoms with Crippen LogP contribution in [0.4, 0.5) is 5.69 Å². The lowest BCUT2D eigenvalue weighted by molar-refractivity contribution is -0.116. The molecule has 5 heteroatoms. The molecule has 0 aliphatic carbocycles. The number of H-pyrrole nitrogens is 1. The van der Waals surface area contributed by atoms with Crippen molar-refractivity contribution < 1.29 is 4.79 Å². The molecule has 0 saturated heterocycles. The Morgan fingerprint density at radius 2 is 1.96 bits per heavy atom. The van der Waals surface area contributed by atoms with E-state index in [0.29, 0.717) is 6.42 Å². The van der Waals surface area contributed by atoms with Gasteiger partial charge in [-0.1, -0.05) is 6.92 Å². The molecule has 128 valence electrons. The van der Waals surface area contributed by atoms with E-state index < -0.39 is 0 Å². The molecule has 3 aromatic rings. The molecule has 0 spiro atoms. The molecule has 2 N–H and O–H groups in total. The van der Waals surface area contributed by atoms with E-state index in [-0.39, 0.29) is 11.5 Å². The Labute approximate surface area is 146 Å². The molecule has 3 rings (SSSR count). The summed E-state index contributed by atoms with van der Waals surface area (Å²) in [6, 6.07) is 9.21. The monoisotopic (exact) mass is 335 g/mol. The van der Waals surface area contributed by atoms with Gasteiger partial charge in [0.15, 0.2) is 0 Å². The van der Waals surface area contributed by atoms with Gasteiger partial charge >= 0.3 is 0 Å². The van der Waals surface area contributed by atoms with E-state index in [9.17, 15) is 9.59 Å². The van der Waals surface area contributed by atoms with Crippen LogP contribution < -0.4 is 10.9 Å². The number of aromatic nitrogens is 2. The zero-order valence-electron chi connectivity index (χ0n) is 14.6. The molecule has 0 saturated carbocycles. The maximum atomic E-state index is 11.9. The van der Waals surface area contributed by atoms with Crippen molar-refractivity contribution in [3.05, 3.63) is 58.0 Å². The Hall–Kier alpha value is -2.95. The number of carbonyl (C=O) groups excluding carboxylic acids is 1. The fourth-order valence-corrected chi connectivity index (χ4v) is 2.84. The lowest BCUT2D eigenvalue weighted by Gasteiger charge is -2.12. The molecule has 0 unspecified atom stereocenters. The van der Waals surface area contributed by atoms with Crippen LogP contribution in [-0.4, -0.2) is 15.9 Å². The van der Waals surface area contributed by atoms with E-state index in [4.69, 9.17) is 4.98 Å². The quantitative estimate of drug-likeness (QED) is 0.758. The zero-order valence-corrected chi connectivity index (χ0v) is 14.6. The van der Waals surface area contributed by atoms with E-state index in [0.717, 1.165) is 45.4 Å². The van der Waals surface area contributed by atoms with Gasteiger partial charge in [-0.2, -0.15) is 0 Å². The largest absolute Gasteiger partial charge is 0.328 e. The summed E-state index contributed by atoms with van der Waals surface area (Å²) in [5, 5.41) is 3.98. The van der Waals surface area contributed by atoms with E-state index in [1.165, 1.54) is 6.07 Å². The second-order valence-corrected chi connectivity index (χ2v) is 6.25. The summed E-state index contributed by atoms with van der Waals surface area (Å²) in [6.45, 7) is 5.97. The molecular formula is C20H21N3O2. The van der Waals surface area contributed by atoms with Gasteiger partial charge in [-0.15, -0.1) is 0 Å². The van der Waals surface area contributed by atoms with Gasteiger partial charge in [-0.3, -0.25) is 9.59 Å². The van der Waals surface area contributed by atoms with E-state index in [2.05, 4.69) is 10.3 Å². The first-order valence-electron chi connectivity index (χ1n) is 8.39. The molecule has 1 aromatic carbocycles. The van der Waals surface area contributed by atoms with Gasteiger partial charge in [0.1, 0.15) is 0 Å². The van der Waals surface area contributed by atoms with Crippen LogP contribution in [0.3, 0.4) is 0 Å². The number of hydrogen-bond donors (Lipinski definition) is 2. The maximum absolute atomic E-state index is 11.9. The number of hydrogen-bond acceptors (Lipinski definition) is 3. The number of pyridine rings is 2. The van der Waals surface area contributed by atoms with Gasteiger partial charge in [-0.05, 0) is 55.7 Å². The van der Waals surface area contributed by atoms with Gasteiger partial charge in [0, 0.05) is 35.3 Å². The average molecular weight is 335 g/mol. The molecular weight excluding hydrogens is 314 g/mol. The fraction of sp³-hybridized carbons (Fsp3) is 0.250. The summed E-state index contributed by atoms with van der Waals surface area (Å²) in [5.41, 5.74) is 5.27. The third-order valence-electron chi connectivity index (χ3n) is 4.19. The summed E-state index contributed by atoms with van der Waals surface area (Å²) in [4.78, 5) is 30.5. The highest BCUT2D eigenvalue weighted by molar-refractivity contribution is 5.96. The number of aryl methyl sites for hydroxylation is 2. The lowest BCUT2D eigenvalue weighted by Crippen LogP contribution is -2.11. The molecule has 5 nitrogen and oxygen atoms in total. The Morgan fingerprint density at radius 3 is 2.64 bits per heavy atom. The third-order valence-corrected chi connectivity index (χ3v) is 4.19. The van der Waals surface area contributed by atoms with Crippen LogP contribution in [0.25, 0.3) is 22.2 Å². The van der Waals surface area contributed by atoms with E-state index >= 15 is 0 Å². The Bertz CT molecular complexity index is 985. The second kappa shape index (κ2) is 6.89. The Kier molecular flexibility index (Phi) is 4.65. The highest BCUT2D eigenvalue weighted by atomic mass is 16.1. The second-order valence-electron chi connectivity index (χ2n) is 6.25. The first-order chi connectivity index (χ1) is 12.0. The molecule has 1 amide bonds. The Morgan fingerprint density at radius 1 is 1.16 bits per heavy atom. The highest BCUT2D eigenvalue weighted by Gasteiger charge is 2.10. The first-order valence-corrected chi connectivity index (χ1v) is 8.39. The summed E-state index contributed by atoms with van der Waals surface area (Å²) in [6.07, 6.45) is 3.00. The smallest absolute Gasteiger partial charge is 0.247 e. The van der Waals surface area contributed by atoms with Crippen molar-refractivity contribution in [1.82, 2.24) is 9.97 Å². The fourth-order valence-electron chi connectivity index (χ4n) is 2.84. The maximum Gasteiger partial charge on any atom is 0.247 e. The number of amides is 1. The van der Waals surface area contributed by atoms with Crippen LogP contribution >= 0.6 is 0 Å². The normalized spacial score (nSPS) is 10.8. The standard InChI is InChI=1S/C20H21N3O2/c1-4-5-20(25)23-16-10-15-12(2)8-17(22-18(15)9-13(16)3)14-6-7-19(24)21-11-14/h6-11H,4-5H2,1-3H3,(H,21,24)(H,23,25). The third kappa shape index (κ3) is 3.60. The van der Waals surface area contributed by atoms with Gasteiger partial charge < -0.3 is 10.3 Å². The molecule has 0 aliphatic heterocycles. The number of fused-ring (bicyclic) bond motifs is 1. The minimum Gasteiger partial charge on any atom is -0.328 e. The summed E-state index contributed by atoms with van der Waals surface area (Å²) < 4.78 is 0. The highest BCUT2D eigenvalue weighted by Crippen LogP contribution is 2.28. The SMILES string of the molecule is CCCC(=O)Nc1cc2c(C)cc(-c3ccc(=O)[nH]c3)nc2cc1C. The van der Waals surface area contributed by atoms with Crippen LogP contribution in [0.15, 0.2) is 41.3 Å². The van der Waals surface area contributed by atoms with Crippen molar-refractivity contribution in [2.24, 2.45) is 0 Å². The van der Waals surface area contributed by atoms with Crippen molar-refractivity contribution in [1.29, 1.82) is 0 Å². The number of nitrogens with one attached hydrogen (secondary N) is 2. The average Bonchev–Trinajstić information content (AvgIpc) is 2.57. The summed E-state index contributed by atoms with van der Waals surface area (Å²) in [5.74, 6) is 0.0282. The van der Waals surface area contributed by atoms with Gasteiger partial charge in [0.25, 0.3) is 0 Å². The molecule has 0 atom stereocenters. The molecule has 0 bridgehead atoms. The number of nitrogens with zero attached hydrogens (tertiary/aromatic N) is 1. The predicted molar refractivity (Wildman–Crippen MR) is 101 cm³/mol. The van der Waals surface area contributed by atoms with Crippen molar-refractivity contribution in [2.75, 3.05) is 5.32 Å². The number of aromatic amines is 1. The Balaban J connectivity index is 2.06. The number of carbonyl (C=O) groups is 1. The van der Waals surface area contributed by atoms with Crippen molar-refractivity contribution in [3.63, 3.8) is 0 Å². The lowest BCUT2D eigenvalue weighted by atomic mass is 10.0. The van der Waals surface area contributed by atoms with Crippen LogP contribution in [-0.2, 0) is 4.79 Å². The van der Waals surface area contributed by atoms with Gasteiger partial charge in [0.2, 0.25) is 11.5 Å². The molecule has 25 heavy (non-hydrogen) atoms. The van der Waals surface area contributed by atoms with Crippen LogP contribution in [0.2, 0.25) is 0 Å². The minimum absolute atomic E-state index is 0.0282. The van der Waals surface area contributed by atoms with Crippen molar-refractivity contribution in [3.8, 4) is 11.3 Å². The number of anilines is 1. The van der Waals surface area contributed by atoms with Crippen LogP contribution in [0.5, 0.6) is 0 Å². The van der Waals surface area contributed by atoms with Crippen molar-refractivity contribution in [2.45, 2.75) is 33.6 Å². The topological polar surface area (TPSA) is 74.8 Å². The van der Waals surface area contributed by atoms with E-state index in [1.807, 2.05) is 39.0 Å². The van der Waals surface area contributed by atoms with Gasteiger partial charge in [0.05, 0.1) is 11.2 Å². The summed E-state index contributed by atoms with van der Waals surface area (Å²) in [7, 11) is 0. The van der Waals surface area contributed by atoms with E-state index in [1.54, 1.807) is 12.3 Å². The van der Waals surface area contributed by atoms with Gasteiger partial charge in [-0.25, -0.2) is 4.98 Å². The molecule has 2 heterocycles. The number of rotatable bonds is 4. The van der Waals surface area contributed by atoms with Crippen molar-refractivity contribution >= 4 is 22.5 Å². The molecule has 0 fully saturated rings. The molecule has 0 aliphatic rings.